The van der Waals surface area contributed by atoms with Crippen molar-refractivity contribution in [2.45, 2.75) is 39.4 Å². The first-order chi connectivity index (χ1) is 16.0. The number of nitrogens with zero attached hydrogens (tertiary/aromatic N) is 2. The lowest BCUT2D eigenvalue weighted by Crippen LogP contribution is -2.48. The third-order valence-electron chi connectivity index (χ3n) is 5.62. The summed E-state index contributed by atoms with van der Waals surface area (Å²) in [5, 5.41) is 11.2. The standard InChI is InChI=1S/C26H29N5O2/c1-18(2)25(32)30-24(14-21-16-27-23-10-4-3-9-22(21)23)26(33)28-15-19-7-5-8-20(13-19)17-31-12-6-11-29-31/h3-13,16,18,24,27H,14-15,17H2,1-2H3,(H,28,33)(H,30,32). The van der Waals surface area contributed by atoms with E-state index in [2.05, 4.69) is 26.8 Å². The lowest BCUT2D eigenvalue weighted by molar-refractivity contribution is -0.130. The summed E-state index contributed by atoms with van der Waals surface area (Å²) in [5.41, 5.74) is 4.11. The van der Waals surface area contributed by atoms with Gasteiger partial charge in [0, 0.05) is 48.4 Å². The molecule has 0 spiro atoms. The maximum atomic E-state index is 13.1. The van der Waals surface area contributed by atoms with Crippen LogP contribution in [0.3, 0.4) is 0 Å². The van der Waals surface area contributed by atoms with Crippen molar-refractivity contribution >= 4 is 22.7 Å². The Morgan fingerprint density at radius 3 is 2.64 bits per heavy atom. The van der Waals surface area contributed by atoms with Gasteiger partial charge in [-0.25, -0.2) is 0 Å². The lowest BCUT2D eigenvalue weighted by atomic mass is 10.0. The molecule has 0 aliphatic carbocycles. The minimum atomic E-state index is -0.661. The second-order valence-electron chi connectivity index (χ2n) is 8.52. The summed E-state index contributed by atoms with van der Waals surface area (Å²) in [6, 6.07) is 17.2. The molecule has 7 nitrogen and oxygen atoms in total. The van der Waals surface area contributed by atoms with Crippen LogP contribution in [0.25, 0.3) is 10.9 Å². The number of hydrogen-bond acceptors (Lipinski definition) is 3. The average molecular weight is 444 g/mol. The van der Waals surface area contributed by atoms with Gasteiger partial charge in [0.2, 0.25) is 11.8 Å². The third-order valence-corrected chi connectivity index (χ3v) is 5.62. The smallest absolute Gasteiger partial charge is 0.243 e. The van der Waals surface area contributed by atoms with Crippen molar-refractivity contribution in [3.05, 3.63) is 89.9 Å². The Kier molecular flexibility index (Phi) is 6.88. The van der Waals surface area contributed by atoms with Gasteiger partial charge in [0.15, 0.2) is 0 Å². The maximum absolute atomic E-state index is 13.1. The zero-order valence-corrected chi connectivity index (χ0v) is 18.9. The average Bonchev–Trinajstić information content (AvgIpc) is 3.47. The molecule has 0 aliphatic rings. The quantitative estimate of drug-likeness (QED) is 0.370. The van der Waals surface area contributed by atoms with E-state index in [-0.39, 0.29) is 17.7 Å². The number of benzene rings is 2. The number of carbonyl (C=O) groups is 2. The van der Waals surface area contributed by atoms with Crippen molar-refractivity contribution in [1.82, 2.24) is 25.4 Å². The second kappa shape index (κ2) is 10.2. The molecule has 0 saturated carbocycles. The van der Waals surface area contributed by atoms with E-state index in [4.69, 9.17) is 0 Å². The number of aromatic nitrogens is 3. The van der Waals surface area contributed by atoms with Crippen LogP contribution in [0.1, 0.15) is 30.5 Å². The molecule has 2 aromatic heterocycles. The molecule has 1 atom stereocenters. The van der Waals surface area contributed by atoms with Crippen LogP contribution in [0.15, 0.2) is 73.2 Å². The molecule has 0 radical (unpaired) electrons. The summed E-state index contributed by atoms with van der Waals surface area (Å²) < 4.78 is 1.86. The van der Waals surface area contributed by atoms with E-state index >= 15 is 0 Å². The fourth-order valence-electron chi connectivity index (χ4n) is 3.80. The number of H-pyrrole nitrogens is 1. The number of rotatable bonds is 9. The molecule has 170 valence electrons. The van der Waals surface area contributed by atoms with Gasteiger partial charge < -0.3 is 15.6 Å². The van der Waals surface area contributed by atoms with Crippen LogP contribution in [0.2, 0.25) is 0 Å². The minimum absolute atomic E-state index is 0.142. The minimum Gasteiger partial charge on any atom is -0.361 e. The van der Waals surface area contributed by atoms with Crippen LogP contribution < -0.4 is 10.6 Å². The van der Waals surface area contributed by atoms with Crippen LogP contribution in [-0.4, -0.2) is 32.6 Å². The highest BCUT2D eigenvalue weighted by molar-refractivity contribution is 5.90. The molecule has 0 bridgehead atoms. The van der Waals surface area contributed by atoms with E-state index in [1.165, 1.54) is 0 Å². The predicted molar refractivity (Wildman–Crippen MR) is 128 cm³/mol. The second-order valence-corrected chi connectivity index (χ2v) is 8.52. The lowest BCUT2D eigenvalue weighted by Gasteiger charge is -2.20. The molecule has 7 heteroatoms. The highest BCUT2D eigenvalue weighted by Crippen LogP contribution is 2.19. The normalized spacial score (nSPS) is 12.1. The van der Waals surface area contributed by atoms with Crippen molar-refractivity contribution in [1.29, 1.82) is 0 Å². The number of aromatic amines is 1. The SMILES string of the molecule is CC(C)C(=O)NC(Cc1c[nH]c2ccccc12)C(=O)NCc1cccc(Cn2cccn2)c1. The van der Waals surface area contributed by atoms with Gasteiger partial charge in [0.1, 0.15) is 6.04 Å². The van der Waals surface area contributed by atoms with Gasteiger partial charge in [0.25, 0.3) is 0 Å². The number of amides is 2. The number of hydrogen-bond donors (Lipinski definition) is 3. The summed E-state index contributed by atoms with van der Waals surface area (Å²) in [5.74, 6) is -0.551. The van der Waals surface area contributed by atoms with Crippen LogP contribution in [-0.2, 0) is 29.1 Å². The van der Waals surface area contributed by atoms with Gasteiger partial charge in [-0.2, -0.15) is 5.10 Å². The number of nitrogens with one attached hydrogen (secondary N) is 3. The van der Waals surface area contributed by atoms with Crippen molar-refractivity contribution in [3.8, 4) is 0 Å². The monoisotopic (exact) mass is 443 g/mol. The fourth-order valence-corrected chi connectivity index (χ4v) is 3.80. The summed E-state index contributed by atoms with van der Waals surface area (Å²) in [7, 11) is 0. The topological polar surface area (TPSA) is 91.8 Å². The van der Waals surface area contributed by atoms with E-state index in [1.807, 2.05) is 79.5 Å². The number of para-hydroxylation sites is 1. The largest absolute Gasteiger partial charge is 0.361 e. The molecular weight excluding hydrogens is 414 g/mol. The molecule has 0 aliphatic heterocycles. The Morgan fingerprint density at radius 2 is 1.85 bits per heavy atom. The molecule has 0 fully saturated rings. The summed E-state index contributed by atoms with van der Waals surface area (Å²) in [6.07, 6.45) is 5.99. The van der Waals surface area contributed by atoms with Gasteiger partial charge >= 0.3 is 0 Å². The van der Waals surface area contributed by atoms with E-state index in [0.717, 1.165) is 27.6 Å². The molecule has 33 heavy (non-hydrogen) atoms. The van der Waals surface area contributed by atoms with Crippen molar-refractivity contribution in [3.63, 3.8) is 0 Å². The molecule has 3 N–H and O–H groups in total. The van der Waals surface area contributed by atoms with Crippen LogP contribution >= 0.6 is 0 Å². The zero-order chi connectivity index (χ0) is 23.2. The van der Waals surface area contributed by atoms with E-state index in [0.29, 0.717) is 19.5 Å². The van der Waals surface area contributed by atoms with Gasteiger partial charge in [-0.3, -0.25) is 14.3 Å². The Balaban J connectivity index is 1.45. The predicted octanol–water partition coefficient (Wildman–Crippen LogP) is 3.41. The van der Waals surface area contributed by atoms with Crippen LogP contribution in [0.4, 0.5) is 0 Å². The molecule has 4 rings (SSSR count). The zero-order valence-electron chi connectivity index (χ0n) is 18.9. The Morgan fingerprint density at radius 1 is 1.03 bits per heavy atom. The summed E-state index contributed by atoms with van der Waals surface area (Å²) in [4.78, 5) is 28.8. The maximum Gasteiger partial charge on any atom is 0.243 e. The first kappa shape index (κ1) is 22.3. The Labute approximate surface area is 193 Å². The first-order valence-corrected chi connectivity index (χ1v) is 11.2. The van der Waals surface area contributed by atoms with Crippen LogP contribution in [0, 0.1) is 5.92 Å². The van der Waals surface area contributed by atoms with E-state index < -0.39 is 6.04 Å². The van der Waals surface area contributed by atoms with Gasteiger partial charge in [-0.15, -0.1) is 0 Å². The molecule has 1 unspecified atom stereocenters. The molecular formula is C26H29N5O2. The van der Waals surface area contributed by atoms with Crippen molar-refractivity contribution in [2.24, 2.45) is 5.92 Å². The molecule has 0 saturated heterocycles. The van der Waals surface area contributed by atoms with E-state index in [9.17, 15) is 9.59 Å². The third kappa shape index (κ3) is 5.68. The number of carbonyl (C=O) groups excluding carboxylic acids is 2. The van der Waals surface area contributed by atoms with Gasteiger partial charge in [-0.05, 0) is 28.8 Å². The highest BCUT2D eigenvalue weighted by atomic mass is 16.2. The van der Waals surface area contributed by atoms with Crippen molar-refractivity contribution < 1.29 is 9.59 Å². The Hall–Kier alpha value is -3.87. The first-order valence-electron chi connectivity index (χ1n) is 11.2. The number of fused-ring (bicyclic) bond motifs is 1. The highest BCUT2D eigenvalue weighted by Gasteiger charge is 2.23. The van der Waals surface area contributed by atoms with Crippen LogP contribution in [0.5, 0.6) is 0 Å². The summed E-state index contributed by atoms with van der Waals surface area (Å²) >= 11 is 0. The fraction of sp³-hybridized carbons (Fsp3) is 0.269. The van der Waals surface area contributed by atoms with Gasteiger partial charge in [-0.1, -0.05) is 56.3 Å². The van der Waals surface area contributed by atoms with Crippen molar-refractivity contribution in [2.75, 3.05) is 0 Å². The Bertz CT molecular complexity index is 1230. The molecule has 2 heterocycles. The molecule has 4 aromatic rings. The molecule has 2 aromatic carbocycles. The van der Waals surface area contributed by atoms with E-state index in [1.54, 1.807) is 6.20 Å². The van der Waals surface area contributed by atoms with Gasteiger partial charge in [0.05, 0.1) is 6.54 Å². The molecule has 2 amide bonds. The summed E-state index contributed by atoms with van der Waals surface area (Å²) in [6.45, 7) is 4.69.